The quantitative estimate of drug-likeness (QED) is 0.939. The lowest BCUT2D eigenvalue weighted by atomic mass is 10.1. The van der Waals surface area contributed by atoms with Gasteiger partial charge in [0.1, 0.15) is 11.3 Å². The van der Waals surface area contributed by atoms with Gasteiger partial charge in [-0.2, -0.15) is 0 Å². The summed E-state index contributed by atoms with van der Waals surface area (Å²) in [6.45, 7) is 4.15. The van der Waals surface area contributed by atoms with Crippen LogP contribution in [-0.4, -0.2) is 33.8 Å². The van der Waals surface area contributed by atoms with E-state index in [0.29, 0.717) is 11.1 Å². The molecule has 1 fully saturated rings. The Hall–Kier alpha value is -2.04. The van der Waals surface area contributed by atoms with Gasteiger partial charge in [0.05, 0.1) is 11.1 Å². The van der Waals surface area contributed by atoms with Crippen molar-refractivity contribution in [2.75, 3.05) is 18.1 Å². The number of aromatic carboxylic acids is 1. The number of carboxylic acids is 1. The molecule has 21 heavy (non-hydrogen) atoms. The minimum absolute atomic E-state index is 0.292. The van der Waals surface area contributed by atoms with Gasteiger partial charge in [0.15, 0.2) is 0 Å². The number of para-hydroxylation sites is 1. The molecule has 0 aliphatic carbocycles. The van der Waals surface area contributed by atoms with E-state index >= 15 is 0 Å². The monoisotopic (exact) mass is 287 g/mol. The zero-order valence-electron chi connectivity index (χ0n) is 12.4. The molecule has 0 spiro atoms. The lowest BCUT2D eigenvalue weighted by molar-refractivity contribution is 0.0699. The molecular weight excluding hydrogens is 266 g/mol. The highest BCUT2D eigenvalue weighted by atomic mass is 16.4. The Morgan fingerprint density at radius 1 is 1.29 bits per heavy atom. The molecule has 2 heterocycles. The van der Waals surface area contributed by atoms with Crippen LogP contribution in [-0.2, 0) is 6.42 Å². The number of hydrogen-bond acceptors (Lipinski definition) is 3. The van der Waals surface area contributed by atoms with Crippen LogP contribution < -0.4 is 5.01 Å². The summed E-state index contributed by atoms with van der Waals surface area (Å²) in [5.74, 6) is 0.0649. The third-order valence-electron chi connectivity index (χ3n) is 4.05. The average molecular weight is 287 g/mol. The van der Waals surface area contributed by atoms with Crippen LogP contribution in [0.5, 0.6) is 0 Å². The van der Waals surface area contributed by atoms with Crippen LogP contribution in [0.1, 0.15) is 48.8 Å². The maximum atomic E-state index is 11.4. The molecule has 0 bridgehead atoms. The first-order chi connectivity index (χ1) is 10.2. The van der Waals surface area contributed by atoms with Gasteiger partial charge < -0.3 is 10.1 Å². The van der Waals surface area contributed by atoms with Crippen molar-refractivity contribution in [3.63, 3.8) is 0 Å². The summed E-state index contributed by atoms with van der Waals surface area (Å²) < 4.78 is 2.16. The maximum absolute atomic E-state index is 11.4. The average Bonchev–Trinajstić information content (AvgIpc) is 2.86. The summed E-state index contributed by atoms with van der Waals surface area (Å²) in [5.41, 5.74) is 1.82. The van der Waals surface area contributed by atoms with E-state index in [0.717, 1.165) is 37.3 Å². The number of aryl methyl sites for hydroxylation is 1. The molecule has 0 saturated carbocycles. The van der Waals surface area contributed by atoms with E-state index in [4.69, 9.17) is 0 Å². The third kappa shape index (κ3) is 2.48. The minimum Gasteiger partial charge on any atom is -0.478 e. The molecule has 1 aliphatic heterocycles. The molecule has 0 atom stereocenters. The first-order valence-corrected chi connectivity index (χ1v) is 7.71. The predicted molar refractivity (Wildman–Crippen MR) is 82.5 cm³/mol. The topological polar surface area (TPSA) is 58.4 Å². The second-order valence-corrected chi connectivity index (χ2v) is 5.58. The van der Waals surface area contributed by atoms with Crippen LogP contribution in [0.25, 0.3) is 11.0 Å². The third-order valence-corrected chi connectivity index (χ3v) is 4.05. The van der Waals surface area contributed by atoms with Gasteiger partial charge in [0.25, 0.3) is 0 Å². The zero-order chi connectivity index (χ0) is 14.8. The number of benzene rings is 1. The van der Waals surface area contributed by atoms with Crippen molar-refractivity contribution in [2.24, 2.45) is 0 Å². The van der Waals surface area contributed by atoms with Crippen molar-refractivity contribution in [1.29, 1.82) is 0 Å². The van der Waals surface area contributed by atoms with Crippen molar-refractivity contribution >= 4 is 17.0 Å². The summed E-state index contributed by atoms with van der Waals surface area (Å²) in [4.78, 5) is 16.0. The van der Waals surface area contributed by atoms with Crippen molar-refractivity contribution in [2.45, 2.75) is 39.0 Å². The Morgan fingerprint density at radius 2 is 2.05 bits per heavy atom. The van der Waals surface area contributed by atoms with Crippen LogP contribution in [0.15, 0.2) is 18.2 Å². The van der Waals surface area contributed by atoms with Gasteiger partial charge in [-0.25, -0.2) is 14.5 Å². The predicted octanol–water partition coefficient (Wildman–Crippen LogP) is 2.81. The van der Waals surface area contributed by atoms with Crippen LogP contribution in [0.2, 0.25) is 0 Å². The molecule has 0 amide bonds. The SMILES string of the molecule is CCCc1nc2c(C(=O)O)cccc2n1N1CCCCC1. The number of hydrogen-bond donors (Lipinski definition) is 1. The van der Waals surface area contributed by atoms with E-state index in [1.807, 2.05) is 12.1 Å². The summed E-state index contributed by atoms with van der Waals surface area (Å²) in [7, 11) is 0. The molecule has 5 heteroatoms. The Balaban J connectivity index is 2.17. The van der Waals surface area contributed by atoms with Crippen molar-refractivity contribution in [1.82, 2.24) is 9.66 Å². The first kappa shape index (κ1) is 13.9. The standard InChI is InChI=1S/C16H21N3O2/c1-2-7-14-17-15-12(16(20)21)8-6-9-13(15)19(14)18-10-4-3-5-11-18/h6,8-9H,2-5,7,10-11H2,1H3,(H,20,21). The summed E-state index contributed by atoms with van der Waals surface area (Å²) in [5, 5.41) is 11.7. The fourth-order valence-corrected chi connectivity index (χ4v) is 3.09. The Morgan fingerprint density at radius 3 is 2.71 bits per heavy atom. The highest BCUT2D eigenvalue weighted by molar-refractivity contribution is 6.01. The van der Waals surface area contributed by atoms with E-state index in [1.165, 1.54) is 19.3 Å². The first-order valence-electron chi connectivity index (χ1n) is 7.71. The number of piperidine rings is 1. The summed E-state index contributed by atoms with van der Waals surface area (Å²) >= 11 is 0. The lowest BCUT2D eigenvalue weighted by Crippen LogP contribution is -2.40. The molecule has 0 unspecified atom stereocenters. The molecule has 1 saturated heterocycles. The number of carboxylic acid groups (broad SMARTS) is 1. The van der Waals surface area contributed by atoms with Crippen LogP contribution in [0, 0.1) is 0 Å². The lowest BCUT2D eigenvalue weighted by Gasteiger charge is -2.31. The normalized spacial score (nSPS) is 15.6. The van der Waals surface area contributed by atoms with Crippen LogP contribution in [0.3, 0.4) is 0 Å². The maximum Gasteiger partial charge on any atom is 0.337 e. The van der Waals surface area contributed by atoms with Crippen molar-refractivity contribution in [3.05, 3.63) is 29.6 Å². The van der Waals surface area contributed by atoms with Gasteiger partial charge in [-0.05, 0) is 37.8 Å². The smallest absolute Gasteiger partial charge is 0.337 e. The largest absolute Gasteiger partial charge is 0.478 e. The van der Waals surface area contributed by atoms with E-state index in [9.17, 15) is 9.90 Å². The highest BCUT2D eigenvalue weighted by Crippen LogP contribution is 2.23. The molecule has 1 aromatic carbocycles. The van der Waals surface area contributed by atoms with Crippen molar-refractivity contribution in [3.8, 4) is 0 Å². The molecule has 1 aromatic heterocycles. The number of carbonyl (C=O) groups is 1. The number of imidazole rings is 1. The van der Waals surface area contributed by atoms with Crippen LogP contribution in [0.4, 0.5) is 0 Å². The number of fused-ring (bicyclic) bond motifs is 1. The number of nitrogens with zero attached hydrogens (tertiary/aromatic N) is 3. The molecule has 3 rings (SSSR count). The van der Waals surface area contributed by atoms with Gasteiger partial charge in [0, 0.05) is 19.5 Å². The minimum atomic E-state index is -0.910. The Labute approximate surface area is 124 Å². The summed E-state index contributed by atoms with van der Waals surface area (Å²) in [6, 6.07) is 5.42. The van der Waals surface area contributed by atoms with Crippen molar-refractivity contribution < 1.29 is 9.90 Å². The van der Waals surface area contributed by atoms with Gasteiger partial charge in [0.2, 0.25) is 0 Å². The molecule has 1 N–H and O–H groups in total. The second kappa shape index (κ2) is 5.76. The molecule has 5 nitrogen and oxygen atoms in total. The van der Waals surface area contributed by atoms with E-state index in [-0.39, 0.29) is 0 Å². The molecular formula is C16H21N3O2. The van der Waals surface area contributed by atoms with Gasteiger partial charge in [-0.3, -0.25) is 0 Å². The van der Waals surface area contributed by atoms with Gasteiger partial charge in [-0.15, -0.1) is 0 Å². The fourth-order valence-electron chi connectivity index (χ4n) is 3.09. The Kier molecular flexibility index (Phi) is 3.82. The highest BCUT2D eigenvalue weighted by Gasteiger charge is 2.21. The van der Waals surface area contributed by atoms with Gasteiger partial charge >= 0.3 is 5.97 Å². The molecule has 112 valence electrons. The Bertz CT molecular complexity index is 657. The zero-order valence-corrected chi connectivity index (χ0v) is 12.4. The number of rotatable bonds is 4. The molecule has 1 aliphatic rings. The van der Waals surface area contributed by atoms with E-state index < -0.39 is 5.97 Å². The molecule has 2 aromatic rings. The van der Waals surface area contributed by atoms with Gasteiger partial charge in [-0.1, -0.05) is 13.0 Å². The second-order valence-electron chi connectivity index (χ2n) is 5.58. The van der Waals surface area contributed by atoms with Crippen LogP contribution >= 0.6 is 0 Å². The fraction of sp³-hybridized carbons (Fsp3) is 0.500. The van der Waals surface area contributed by atoms with E-state index in [1.54, 1.807) is 6.07 Å². The molecule has 0 radical (unpaired) electrons. The van der Waals surface area contributed by atoms with E-state index in [2.05, 4.69) is 21.6 Å². The summed E-state index contributed by atoms with van der Waals surface area (Å²) in [6.07, 6.45) is 5.50. The number of aromatic nitrogens is 2.